The lowest BCUT2D eigenvalue weighted by Crippen LogP contribution is -2.37. The van der Waals surface area contributed by atoms with E-state index in [2.05, 4.69) is 25.8 Å². The second-order valence-corrected chi connectivity index (χ2v) is 8.09. The van der Waals surface area contributed by atoms with Crippen LogP contribution in [-0.2, 0) is 9.59 Å². The third kappa shape index (κ3) is 5.78. The fraction of sp³-hybridized carbons (Fsp3) is 0.238. The summed E-state index contributed by atoms with van der Waals surface area (Å²) >= 11 is 1.04. The van der Waals surface area contributed by atoms with Crippen molar-refractivity contribution in [3.8, 4) is 22.9 Å². The van der Waals surface area contributed by atoms with Gasteiger partial charge in [-0.05, 0) is 31.2 Å². The van der Waals surface area contributed by atoms with Gasteiger partial charge in [-0.2, -0.15) is 0 Å². The summed E-state index contributed by atoms with van der Waals surface area (Å²) in [5.41, 5.74) is 0.101. The number of halogens is 3. The summed E-state index contributed by atoms with van der Waals surface area (Å²) in [5, 5.41) is 10.9. The van der Waals surface area contributed by atoms with Gasteiger partial charge in [0.05, 0.1) is 37.3 Å². The van der Waals surface area contributed by atoms with Crippen LogP contribution in [0.25, 0.3) is 11.4 Å². The largest absolute Gasteiger partial charge is 0.497 e. The Bertz CT molecular complexity index is 1210. The Morgan fingerprint density at radius 2 is 1.88 bits per heavy atom. The Hall–Kier alpha value is -3.74. The topological polar surface area (TPSA) is 118 Å². The van der Waals surface area contributed by atoms with Crippen LogP contribution in [0.1, 0.15) is 6.92 Å². The van der Waals surface area contributed by atoms with Crippen LogP contribution < -0.4 is 20.1 Å². The molecule has 3 aromatic rings. The minimum atomic E-state index is -1.70. The van der Waals surface area contributed by atoms with Crippen LogP contribution in [0, 0.1) is 17.5 Å². The predicted octanol–water partition coefficient (Wildman–Crippen LogP) is 3.14. The van der Waals surface area contributed by atoms with E-state index in [9.17, 15) is 22.8 Å². The third-order valence-electron chi connectivity index (χ3n) is 4.51. The lowest BCUT2D eigenvalue weighted by molar-refractivity contribution is -0.123. The number of amides is 2. The first-order valence-corrected chi connectivity index (χ1v) is 10.6. The van der Waals surface area contributed by atoms with Gasteiger partial charge in [0.1, 0.15) is 11.5 Å². The van der Waals surface area contributed by atoms with Crippen LogP contribution >= 0.6 is 11.8 Å². The van der Waals surface area contributed by atoms with Crippen molar-refractivity contribution in [2.45, 2.75) is 17.3 Å². The number of hydrogen-bond acceptors (Lipinski definition) is 7. The molecule has 0 saturated carbocycles. The molecule has 9 nitrogen and oxygen atoms in total. The number of aromatic amines is 1. The number of nitrogens with zero attached hydrogens (tertiary/aromatic N) is 2. The van der Waals surface area contributed by atoms with Gasteiger partial charge in [0, 0.05) is 6.07 Å². The number of thioether (sulfide) groups is 1. The highest BCUT2D eigenvalue weighted by atomic mass is 32.2. The van der Waals surface area contributed by atoms with Crippen molar-refractivity contribution < 1.29 is 32.2 Å². The van der Waals surface area contributed by atoms with Crippen LogP contribution in [0.4, 0.5) is 18.9 Å². The maximum atomic E-state index is 13.7. The Kier molecular flexibility index (Phi) is 7.99. The number of methoxy groups -OCH3 is 2. The van der Waals surface area contributed by atoms with E-state index < -0.39 is 46.7 Å². The van der Waals surface area contributed by atoms with E-state index in [-0.39, 0.29) is 5.16 Å². The Morgan fingerprint density at radius 3 is 2.59 bits per heavy atom. The SMILES string of the molecule is COc1ccc(-c2nc(SC(C)C(=O)NCC(=O)Nc3ccc(F)c(F)c3F)n[nH]2)c(OC)c1. The highest BCUT2D eigenvalue weighted by Crippen LogP contribution is 2.32. The molecular weight excluding hydrogens is 475 g/mol. The zero-order chi connectivity index (χ0) is 24.8. The predicted molar refractivity (Wildman–Crippen MR) is 118 cm³/mol. The van der Waals surface area contributed by atoms with Gasteiger partial charge in [0.2, 0.25) is 17.0 Å². The number of carbonyl (C=O) groups is 2. The van der Waals surface area contributed by atoms with Crippen molar-refractivity contribution in [3.05, 3.63) is 47.8 Å². The van der Waals surface area contributed by atoms with E-state index in [0.717, 1.165) is 17.8 Å². The Labute approximate surface area is 196 Å². The van der Waals surface area contributed by atoms with Crippen molar-refractivity contribution in [1.29, 1.82) is 0 Å². The van der Waals surface area contributed by atoms with E-state index in [1.54, 1.807) is 25.1 Å². The molecular formula is C21H20F3N5O4S. The molecule has 3 rings (SSSR count). The molecule has 2 aromatic carbocycles. The van der Waals surface area contributed by atoms with Crippen molar-refractivity contribution in [2.24, 2.45) is 0 Å². The Morgan fingerprint density at radius 1 is 1.12 bits per heavy atom. The molecule has 0 spiro atoms. The van der Waals surface area contributed by atoms with E-state index in [0.29, 0.717) is 29.0 Å². The van der Waals surface area contributed by atoms with Gasteiger partial charge in [0.25, 0.3) is 0 Å². The van der Waals surface area contributed by atoms with Crippen molar-refractivity contribution in [2.75, 3.05) is 26.1 Å². The number of aromatic nitrogens is 3. The number of benzene rings is 2. The molecule has 13 heteroatoms. The summed E-state index contributed by atoms with van der Waals surface area (Å²) in [7, 11) is 3.04. The zero-order valence-corrected chi connectivity index (χ0v) is 19.1. The smallest absolute Gasteiger partial charge is 0.243 e. The van der Waals surface area contributed by atoms with E-state index in [1.807, 2.05) is 0 Å². The molecule has 34 heavy (non-hydrogen) atoms. The molecule has 1 unspecified atom stereocenters. The van der Waals surface area contributed by atoms with Crippen LogP contribution in [0.5, 0.6) is 11.5 Å². The number of carbonyl (C=O) groups excluding carboxylic acids is 2. The fourth-order valence-electron chi connectivity index (χ4n) is 2.75. The second-order valence-electron chi connectivity index (χ2n) is 6.78. The molecule has 180 valence electrons. The van der Waals surface area contributed by atoms with Gasteiger partial charge in [-0.3, -0.25) is 14.7 Å². The van der Waals surface area contributed by atoms with Crippen LogP contribution in [-0.4, -0.2) is 53.0 Å². The average molecular weight is 495 g/mol. The molecule has 0 aliphatic carbocycles. The molecule has 1 heterocycles. The highest BCUT2D eigenvalue weighted by molar-refractivity contribution is 8.00. The van der Waals surface area contributed by atoms with Crippen LogP contribution in [0.3, 0.4) is 0 Å². The summed E-state index contributed by atoms with van der Waals surface area (Å²) in [6.07, 6.45) is 0. The number of H-pyrrole nitrogens is 1. The number of rotatable bonds is 9. The summed E-state index contributed by atoms with van der Waals surface area (Å²) in [5.74, 6) is -4.40. The highest BCUT2D eigenvalue weighted by Gasteiger charge is 2.20. The summed E-state index contributed by atoms with van der Waals surface area (Å²) < 4.78 is 50.4. The molecule has 0 fully saturated rings. The minimum absolute atomic E-state index is 0.281. The van der Waals surface area contributed by atoms with E-state index >= 15 is 0 Å². The first-order chi connectivity index (χ1) is 16.2. The van der Waals surface area contributed by atoms with Gasteiger partial charge < -0.3 is 20.1 Å². The van der Waals surface area contributed by atoms with Gasteiger partial charge in [-0.25, -0.2) is 18.2 Å². The summed E-state index contributed by atoms with van der Waals surface area (Å²) in [6.45, 7) is 1.07. The van der Waals surface area contributed by atoms with Gasteiger partial charge in [-0.15, -0.1) is 5.10 Å². The fourth-order valence-corrected chi connectivity index (χ4v) is 3.50. The lowest BCUT2D eigenvalue weighted by atomic mass is 10.2. The van der Waals surface area contributed by atoms with Crippen molar-refractivity contribution >= 4 is 29.3 Å². The average Bonchev–Trinajstić information content (AvgIpc) is 3.30. The minimum Gasteiger partial charge on any atom is -0.497 e. The number of anilines is 1. The third-order valence-corrected chi connectivity index (χ3v) is 5.47. The summed E-state index contributed by atoms with van der Waals surface area (Å²) in [6, 6.07) is 6.73. The number of ether oxygens (including phenoxy) is 2. The molecule has 0 bridgehead atoms. The molecule has 1 atom stereocenters. The van der Waals surface area contributed by atoms with Crippen molar-refractivity contribution in [1.82, 2.24) is 20.5 Å². The zero-order valence-electron chi connectivity index (χ0n) is 18.2. The second kappa shape index (κ2) is 10.9. The Balaban J connectivity index is 1.56. The van der Waals surface area contributed by atoms with Crippen LogP contribution in [0.2, 0.25) is 0 Å². The summed E-state index contributed by atoms with van der Waals surface area (Å²) in [4.78, 5) is 28.6. The molecule has 0 saturated heterocycles. The maximum absolute atomic E-state index is 13.7. The normalized spacial score (nSPS) is 11.6. The molecule has 0 aliphatic heterocycles. The lowest BCUT2D eigenvalue weighted by Gasteiger charge is -2.11. The first-order valence-electron chi connectivity index (χ1n) is 9.76. The van der Waals surface area contributed by atoms with E-state index in [4.69, 9.17) is 9.47 Å². The molecule has 3 N–H and O–H groups in total. The standard InChI is InChI=1S/C21H20F3N5O4S/c1-10(20(31)25-9-16(30)26-14-7-6-13(22)17(23)18(14)24)34-21-27-19(28-29-21)12-5-4-11(32-2)8-15(12)33-3/h4-8,10H,9H2,1-3H3,(H,25,31)(H,26,30)(H,27,28,29). The van der Waals surface area contributed by atoms with Gasteiger partial charge >= 0.3 is 0 Å². The van der Waals surface area contributed by atoms with Gasteiger partial charge in [-0.1, -0.05) is 11.8 Å². The molecule has 0 radical (unpaired) electrons. The van der Waals surface area contributed by atoms with Crippen LogP contribution in [0.15, 0.2) is 35.5 Å². The number of nitrogens with one attached hydrogen (secondary N) is 3. The molecule has 1 aromatic heterocycles. The van der Waals surface area contributed by atoms with E-state index in [1.165, 1.54) is 14.2 Å². The maximum Gasteiger partial charge on any atom is 0.243 e. The first kappa shape index (κ1) is 24.9. The molecule has 2 amide bonds. The van der Waals surface area contributed by atoms with Gasteiger partial charge in [0.15, 0.2) is 23.3 Å². The molecule has 0 aliphatic rings. The van der Waals surface area contributed by atoms with Crippen molar-refractivity contribution in [3.63, 3.8) is 0 Å². The quantitative estimate of drug-likeness (QED) is 0.308. The monoisotopic (exact) mass is 495 g/mol. The number of hydrogen-bond donors (Lipinski definition) is 3.